The normalized spacial score (nSPS) is 28.2. The molecule has 1 saturated carbocycles. The Balaban J connectivity index is 1.69. The van der Waals surface area contributed by atoms with Crippen molar-refractivity contribution in [2.45, 2.75) is 58.3 Å². The topological polar surface area (TPSA) is 20.3 Å². The minimum Gasteiger partial charge on any atom is -0.298 e. The largest absolute Gasteiger partial charge is 0.298 e. The smallest absolute Gasteiger partial charge is 0.147 e. The Bertz CT molecular complexity index is 245. The third-order valence-electron chi connectivity index (χ3n) is 4.50. The summed E-state index contributed by atoms with van der Waals surface area (Å²) < 4.78 is 0. The van der Waals surface area contributed by atoms with Crippen LogP contribution in [0, 0.1) is 11.8 Å². The van der Waals surface area contributed by atoms with E-state index in [2.05, 4.69) is 11.8 Å². The molecule has 0 aromatic carbocycles. The lowest BCUT2D eigenvalue weighted by Gasteiger charge is -2.19. The van der Waals surface area contributed by atoms with Gasteiger partial charge in [0.2, 0.25) is 0 Å². The summed E-state index contributed by atoms with van der Waals surface area (Å²) in [6.07, 6.45) is 10.0. The van der Waals surface area contributed by atoms with Crippen LogP contribution in [0.25, 0.3) is 0 Å². The maximum Gasteiger partial charge on any atom is 0.147 e. The van der Waals surface area contributed by atoms with E-state index in [1.54, 1.807) is 0 Å². The molecule has 2 nitrogen and oxygen atoms in total. The van der Waals surface area contributed by atoms with Crippen molar-refractivity contribution in [3.63, 3.8) is 0 Å². The Morgan fingerprint density at radius 3 is 2.59 bits per heavy atom. The highest BCUT2D eigenvalue weighted by Crippen LogP contribution is 2.27. The van der Waals surface area contributed by atoms with E-state index in [1.807, 2.05) is 0 Å². The molecule has 2 aliphatic rings. The highest BCUT2D eigenvalue weighted by atomic mass is 16.1. The number of Topliss-reactive ketones (excluding diaryl/α,β-unsaturated/α-hetero) is 1. The zero-order valence-corrected chi connectivity index (χ0v) is 11.3. The first-order valence-corrected chi connectivity index (χ1v) is 7.48. The van der Waals surface area contributed by atoms with Crippen LogP contribution in [0.3, 0.4) is 0 Å². The van der Waals surface area contributed by atoms with Crippen LogP contribution in [0.5, 0.6) is 0 Å². The molecule has 1 aliphatic carbocycles. The first-order chi connectivity index (χ1) is 8.24. The molecule has 2 fully saturated rings. The minimum atomic E-state index is 0.492. The standard InChI is InChI=1S/C15H27NO/c1-13-5-4-9-16(10-8-13)12-15(17)11-14-6-2-3-7-14/h13-14H,2-12H2,1H3. The first-order valence-electron chi connectivity index (χ1n) is 7.48. The van der Waals surface area contributed by atoms with Crippen molar-refractivity contribution in [1.82, 2.24) is 4.90 Å². The Kier molecular flexibility index (Phi) is 5.02. The van der Waals surface area contributed by atoms with Crippen molar-refractivity contribution in [1.29, 1.82) is 0 Å². The van der Waals surface area contributed by atoms with Gasteiger partial charge in [-0.05, 0) is 44.2 Å². The lowest BCUT2D eigenvalue weighted by molar-refractivity contribution is -0.121. The summed E-state index contributed by atoms with van der Waals surface area (Å²) in [5, 5.41) is 0. The van der Waals surface area contributed by atoms with E-state index >= 15 is 0 Å². The van der Waals surface area contributed by atoms with Crippen LogP contribution < -0.4 is 0 Å². The monoisotopic (exact) mass is 237 g/mol. The fourth-order valence-corrected chi connectivity index (χ4v) is 3.33. The van der Waals surface area contributed by atoms with E-state index in [1.165, 1.54) is 44.9 Å². The van der Waals surface area contributed by atoms with E-state index in [-0.39, 0.29) is 0 Å². The number of rotatable bonds is 4. The number of nitrogens with zero attached hydrogens (tertiary/aromatic N) is 1. The first kappa shape index (κ1) is 13.1. The van der Waals surface area contributed by atoms with Crippen molar-refractivity contribution in [2.24, 2.45) is 11.8 Å². The van der Waals surface area contributed by atoms with E-state index < -0.39 is 0 Å². The number of ketones is 1. The molecule has 17 heavy (non-hydrogen) atoms. The molecule has 1 heterocycles. The van der Waals surface area contributed by atoms with Gasteiger partial charge in [0.15, 0.2) is 0 Å². The molecule has 1 saturated heterocycles. The fraction of sp³-hybridized carbons (Fsp3) is 0.933. The molecule has 0 spiro atoms. The average Bonchev–Trinajstić information content (AvgIpc) is 2.70. The highest BCUT2D eigenvalue weighted by Gasteiger charge is 2.21. The van der Waals surface area contributed by atoms with E-state index in [4.69, 9.17) is 0 Å². The molecule has 0 radical (unpaired) electrons. The molecule has 2 rings (SSSR count). The molecule has 0 aromatic rings. The van der Waals surface area contributed by atoms with E-state index in [9.17, 15) is 4.79 Å². The summed E-state index contributed by atoms with van der Waals surface area (Å²) in [5.41, 5.74) is 0. The highest BCUT2D eigenvalue weighted by molar-refractivity contribution is 5.80. The third kappa shape index (κ3) is 4.42. The average molecular weight is 237 g/mol. The molecule has 2 heteroatoms. The van der Waals surface area contributed by atoms with Crippen LogP contribution in [0.15, 0.2) is 0 Å². The molecule has 1 unspecified atom stereocenters. The van der Waals surface area contributed by atoms with Gasteiger partial charge in [0.25, 0.3) is 0 Å². The second kappa shape index (κ2) is 6.53. The minimum absolute atomic E-state index is 0.492. The zero-order chi connectivity index (χ0) is 12.1. The number of carbonyl (C=O) groups is 1. The molecule has 0 bridgehead atoms. The van der Waals surface area contributed by atoms with Gasteiger partial charge in [0.1, 0.15) is 5.78 Å². The van der Waals surface area contributed by atoms with Gasteiger partial charge in [-0.3, -0.25) is 9.69 Å². The van der Waals surface area contributed by atoms with Gasteiger partial charge in [-0.2, -0.15) is 0 Å². The van der Waals surface area contributed by atoms with Crippen LogP contribution >= 0.6 is 0 Å². The maximum atomic E-state index is 12.0. The summed E-state index contributed by atoms with van der Waals surface area (Å²) in [4.78, 5) is 14.4. The fourth-order valence-electron chi connectivity index (χ4n) is 3.33. The predicted octanol–water partition coefficient (Wildman–Crippen LogP) is 3.26. The van der Waals surface area contributed by atoms with Crippen LogP contribution in [-0.4, -0.2) is 30.3 Å². The lowest BCUT2D eigenvalue weighted by atomic mass is 10.0. The van der Waals surface area contributed by atoms with E-state index in [0.717, 1.165) is 32.0 Å². The Hall–Kier alpha value is -0.370. The molecular formula is C15H27NO. The summed E-state index contributed by atoms with van der Waals surface area (Å²) in [6.45, 7) is 5.34. The quantitative estimate of drug-likeness (QED) is 0.748. The number of carbonyl (C=O) groups excluding carboxylic acids is 1. The van der Waals surface area contributed by atoms with Gasteiger partial charge in [0.05, 0.1) is 6.54 Å². The van der Waals surface area contributed by atoms with Gasteiger partial charge in [-0.1, -0.05) is 32.6 Å². The van der Waals surface area contributed by atoms with Gasteiger partial charge >= 0.3 is 0 Å². The second-order valence-corrected chi connectivity index (χ2v) is 6.21. The lowest BCUT2D eigenvalue weighted by Crippen LogP contribution is -2.31. The van der Waals surface area contributed by atoms with Gasteiger partial charge in [-0.25, -0.2) is 0 Å². The maximum absolute atomic E-state index is 12.0. The Labute approximate surface area is 106 Å². The van der Waals surface area contributed by atoms with Crippen molar-refractivity contribution < 1.29 is 4.79 Å². The number of likely N-dealkylation sites (tertiary alicyclic amines) is 1. The van der Waals surface area contributed by atoms with E-state index in [0.29, 0.717) is 11.7 Å². The predicted molar refractivity (Wildman–Crippen MR) is 71.0 cm³/mol. The van der Waals surface area contributed by atoms with Gasteiger partial charge in [-0.15, -0.1) is 0 Å². The molecule has 0 amide bonds. The summed E-state index contributed by atoms with van der Waals surface area (Å²) in [7, 11) is 0. The Morgan fingerprint density at radius 1 is 1.06 bits per heavy atom. The molecule has 1 atom stereocenters. The number of hydrogen-bond donors (Lipinski definition) is 0. The van der Waals surface area contributed by atoms with Crippen LogP contribution in [-0.2, 0) is 4.79 Å². The summed E-state index contributed by atoms with van der Waals surface area (Å²) in [6, 6.07) is 0. The van der Waals surface area contributed by atoms with Crippen molar-refractivity contribution in [3.8, 4) is 0 Å². The zero-order valence-electron chi connectivity index (χ0n) is 11.3. The van der Waals surface area contributed by atoms with Gasteiger partial charge < -0.3 is 0 Å². The van der Waals surface area contributed by atoms with Crippen molar-refractivity contribution in [2.75, 3.05) is 19.6 Å². The third-order valence-corrected chi connectivity index (χ3v) is 4.50. The molecule has 0 N–H and O–H groups in total. The molecular weight excluding hydrogens is 210 g/mol. The van der Waals surface area contributed by atoms with Gasteiger partial charge in [0, 0.05) is 6.42 Å². The van der Waals surface area contributed by atoms with Crippen molar-refractivity contribution >= 4 is 5.78 Å². The molecule has 98 valence electrons. The van der Waals surface area contributed by atoms with Crippen LogP contribution in [0.2, 0.25) is 0 Å². The van der Waals surface area contributed by atoms with Crippen molar-refractivity contribution in [3.05, 3.63) is 0 Å². The molecule has 0 aromatic heterocycles. The van der Waals surface area contributed by atoms with Crippen LogP contribution in [0.1, 0.15) is 58.3 Å². The SMILES string of the molecule is CC1CCCN(CC(=O)CC2CCCC2)CC1. The van der Waals surface area contributed by atoms with Crippen LogP contribution in [0.4, 0.5) is 0 Å². The molecule has 1 aliphatic heterocycles. The summed E-state index contributed by atoms with van der Waals surface area (Å²) >= 11 is 0. The number of hydrogen-bond acceptors (Lipinski definition) is 2. The summed E-state index contributed by atoms with van der Waals surface area (Å²) in [5.74, 6) is 2.06. The second-order valence-electron chi connectivity index (χ2n) is 6.21. The Morgan fingerprint density at radius 2 is 1.82 bits per heavy atom.